The van der Waals surface area contributed by atoms with E-state index in [2.05, 4.69) is 15.3 Å². The molecule has 5 nitrogen and oxygen atoms in total. The van der Waals surface area contributed by atoms with E-state index >= 15 is 0 Å². The van der Waals surface area contributed by atoms with Crippen molar-refractivity contribution in [2.45, 2.75) is 13.5 Å². The Hall–Kier alpha value is -2.50. The Kier molecular flexibility index (Phi) is 4.81. The van der Waals surface area contributed by atoms with Gasteiger partial charge in [-0.05, 0) is 25.1 Å². The van der Waals surface area contributed by atoms with Gasteiger partial charge in [-0.25, -0.2) is 9.37 Å². The second-order valence-electron chi connectivity index (χ2n) is 4.44. The molecule has 0 radical (unpaired) electrons. The van der Waals surface area contributed by atoms with Crippen molar-refractivity contribution in [3.05, 3.63) is 53.7 Å². The normalized spacial score (nSPS) is 10.2. The van der Waals surface area contributed by atoms with Crippen molar-refractivity contribution < 1.29 is 9.18 Å². The van der Waals surface area contributed by atoms with Crippen LogP contribution in [0.1, 0.15) is 23.0 Å². The molecule has 0 unspecified atom stereocenters. The predicted octanol–water partition coefficient (Wildman–Crippen LogP) is 2.32. The van der Waals surface area contributed by atoms with Crippen molar-refractivity contribution in [2.75, 3.05) is 18.9 Å². The zero-order valence-electron chi connectivity index (χ0n) is 12.0. The molecule has 0 atom stereocenters. The van der Waals surface area contributed by atoms with Crippen LogP contribution in [0.25, 0.3) is 0 Å². The van der Waals surface area contributed by atoms with Crippen molar-refractivity contribution in [3.8, 4) is 0 Å². The fourth-order valence-corrected chi connectivity index (χ4v) is 1.99. The molecule has 2 aromatic rings. The number of hydrogen-bond acceptors (Lipinski definition) is 4. The van der Waals surface area contributed by atoms with Gasteiger partial charge in [0.15, 0.2) is 0 Å². The van der Waals surface area contributed by atoms with Crippen molar-refractivity contribution in [3.63, 3.8) is 0 Å². The first kappa shape index (κ1) is 14.9. The first-order chi connectivity index (χ1) is 10.2. The SMILES string of the molecule is CCN(Cc1ccccn1)C(=O)c1cc(F)cnc1NC. The monoisotopic (exact) mass is 288 g/mol. The number of nitrogens with zero attached hydrogens (tertiary/aromatic N) is 3. The Morgan fingerprint density at radius 2 is 2.19 bits per heavy atom. The van der Waals surface area contributed by atoms with Gasteiger partial charge in [0.1, 0.15) is 11.6 Å². The topological polar surface area (TPSA) is 58.1 Å². The minimum atomic E-state index is -0.536. The fourth-order valence-electron chi connectivity index (χ4n) is 1.99. The van der Waals surface area contributed by atoms with Crippen LogP contribution in [-0.2, 0) is 6.54 Å². The highest BCUT2D eigenvalue weighted by Crippen LogP contribution is 2.16. The molecule has 1 N–H and O–H groups in total. The highest BCUT2D eigenvalue weighted by Gasteiger charge is 2.19. The Morgan fingerprint density at radius 3 is 2.81 bits per heavy atom. The number of nitrogens with one attached hydrogen (secondary N) is 1. The van der Waals surface area contributed by atoms with Crippen molar-refractivity contribution in [1.29, 1.82) is 0 Å². The molecule has 0 aliphatic heterocycles. The number of anilines is 1. The average molecular weight is 288 g/mol. The van der Waals surface area contributed by atoms with Crippen LogP contribution in [0, 0.1) is 5.82 Å². The summed E-state index contributed by atoms with van der Waals surface area (Å²) in [6.07, 6.45) is 2.76. The Labute approximate surface area is 122 Å². The molecule has 0 aliphatic carbocycles. The summed E-state index contributed by atoms with van der Waals surface area (Å²) in [5.74, 6) is -0.452. The van der Waals surface area contributed by atoms with Gasteiger partial charge in [-0.3, -0.25) is 9.78 Å². The first-order valence-electron chi connectivity index (χ1n) is 6.68. The van der Waals surface area contributed by atoms with Gasteiger partial charge in [0.05, 0.1) is 24.0 Å². The maximum Gasteiger partial charge on any atom is 0.258 e. The van der Waals surface area contributed by atoms with Gasteiger partial charge >= 0.3 is 0 Å². The second-order valence-corrected chi connectivity index (χ2v) is 4.44. The zero-order chi connectivity index (χ0) is 15.2. The lowest BCUT2D eigenvalue weighted by atomic mass is 10.2. The van der Waals surface area contributed by atoms with E-state index < -0.39 is 5.82 Å². The number of carbonyl (C=O) groups is 1. The molecule has 110 valence electrons. The Balaban J connectivity index is 2.26. The average Bonchev–Trinajstić information content (AvgIpc) is 2.53. The molecule has 0 aliphatic rings. The molecule has 0 fully saturated rings. The molecule has 21 heavy (non-hydrogen) atoms. The maximum atomic E-state index is 13.4. The van der Waals surface area contributed by atoms with Crippen molar-refractivity contribution in [2.24, 2.45) is 0 Å². The standard InChI is InChI=1S/C15H17FN4O/c1-3-20(10-12-6-4-5-7-18-12)15(21)13-8-11(16)9-19-14(13)17-2/h4-9H,3,10H2,1-2H3,(H,17,19). The summed E-state index contributed by atoms with van der Waals surface area (Å²) in [5, 5.41) is 2.81. The number of amides is 1. The summed E-state index contributed by atoms with van der Waals surface area (Å²) in [6, 6.07) is 6.72. The molecule has 6 heteroatoms. The molecular formula is C15H17FN4O. The van der Waals surface area contributed by atoms with E-state index in [1.54, 1.807) is 18.1 Å². The number of rotatable bonds is 5. The van der Waals surface area contributed by atoms with Gasteiger partial charge in [-0.1, -0.05) is 6.07 Å². The van der Waals surface area contributed by atoms with Crippen LogP contribution in [0.4, 0.5) is 10.2 Å². The lowest BCUT2D eigenvalue weighted by Gasteiger charge is -2.21. The van der Waals surface area contributed by atoms with E-state index in [-0.39, 0.29) is 11.5 Å². The predicted molar refractivity (Wildman–Crippen MR) is 78.4 cm³/mol. The van der Waals surface area contributed by atoms with Gasteiger partial charge in [0.25, 0.3) is 5.91 Å². The summed E-state index contributed by atoms with van der Waals surface area (Å²) in [6.45, 7) is 2.73. The Morgan fingerprint density at radius 1 is 1.38 bits per heavy atom. The fraction of sp³-hybridized carbons (Fsp3) is 0.267. The quantitative estimate of drug-likeness (QED) is 0.917. The number of hydrogen-bond donors (Lipinski definition) is 1. The summed E-state index contributed by atoms with van der Waals surface area (Å²) in [7, 11) is 1.64. The van der Waals surface area contributed by atoms with E-state index in [0.717, 1.165) is 11.9 Å². The molecule has 2 heterocycles. The second kappa shape index (κ2) is 6.78. The zero-order valence-corrected chi connectivity index (χ0v) is 12.0. The molecule has 1 amide bonds. The molecule has 0 saturated carbocycles. The molecule has 0 bridgehead atoms. The van der Waals surface area contributed by atoms with E-state index in [1.165, 1.54) is 6.07 Å². The van der Waals surface area contributed by atoms with Gasteiger partial charge < -0.3 is 10.2 Å². The van der Waals surface area contributed by atoms with Crippen LogP contribution in [0.2, 0.25) is 0 Å². The first-order valence-corrected chi connectivity index (χ1v) is 6.68. The smallest absolute Gasteiger partial charge is 0.258 e. The summed E-state index contributed by atoms with van der Waals surface area (Å²) in [4.78, 5) is 22.3. The third-order valence-corrected chi connectivity index (χ3v) is 3.07. The van der Waals surface area contributed by atoms with Gasteiger partial charge in [0.2, 0.25) is 0 Å². The van der Waals surface area contributed by atoms with Crippen LogP contribution >= 0.6 is 0 Å². The van der Waals surface area contributed by atoms with Crippen LogP contribution in [0.15, 0.2) is 36.7 Å². The molecular weight excluding hydrogens is 271 g/mol. The third-order valence-electron chi connectivity index (χ3n) is 3.07. The lowest BCUT2D eigenvalue weighted by molar-refractivity contribution is 0.0750. The van der Waals surface area contributed by atoms with Crippen molar-refractivity contribution >= 4 is 11.7 Å². The summed E-state index contributed by atoms with van der Waals surface area (Å²) < 4.78 is 13.4. The maximum absolute atomic E-state index is 13.4. The molecule has 0 spiro atoms. The van der Waals surface area contributed by atoms with Gasteiger partial charge in [-0.15, -0.1) is 0 Å². The number of pyridine rings is 2. The van der Waals surface area contributed by atoms with Crippen LogP contribution in [0.3, 0.4) is 0 Å². The van der Waals surface area contributed by atoms with E-state index in [4.69, 9.17) is 0 Å². The van der Waals surface area contributed by atoms with Crippen LogP contribution < -0.4 is 5.32 Å². The van der Waals surface area contributed by atoms with E-state index in [0.29, 0.717) is 18.9 Å². The summed E-state index contributed by atoms with van der Waals surface area (Å²) in [5.41, 5.74) is 0.998. The molecule has 2 aromatic heterocycles. The van der Waals surface area contributed by atoms with Crippen LogP contribution in [-0.4, -0.2) is 34.4 Å². The number of carbonyl (C=O) groups excluding carboxylic acids is 1. The van der Waals surface area contributed by atoms with Gasteiger partial charge in [0, 0.05) is 19.8 Å². The van der Waals surface area contributed by atoms with E-state index in [1.807, 2.05) is 25.1 Å². The van der Waals surface area contributed by atoms with Crippen LogP contribution in [0.5, 0.6) is 0 Å². The molecule has 0 aromatic carbocycles. The minimum absolute atomic E-state index is 0.218. The Bertz CT molecular complexity index is 618. The summed E-state index contributed by atoms with van der Waals surface area (Å²) >= 11 is 0. The third kappa shape index (κ3) is 3.53. The van der Waals surface area contributed by atoms with Crippen molar-refractivity contribution in [1.82, 2.24) is 14.9 Å². The minimum Gasteiger partial charge on any atom is -0.372 e. The number of aromatic nitrogens is 2. The highest BCUT2D eigenvalue weighted by molar-refractivity contribution is 5.98. The molecule has 2 rings (SSSR count). The molecule has 0 saturated heterocycles. The highest BCUT2D eigenvalue weighted by atomic mass is 19.1. The van der Waals surface area contributed by atoms with E-state index in [9.17, 15) is 9.18 Å². The van der Waals surface area contributed by atoms with Gasteiger partial charge in [-0.2, -0.15) is 0 Å². The largest absolute Gasteiger partial charge is 0.372 e. The lowest BCUT2D eigenvalue weighted by Crippen LogP contribution is -2.31. The number of halogens is 1.